The third-order valence-corrected chi connectivity index (χ3v) is 2.98. The van der Waals surface area contributed by atoms with Crippen molar-refractivity contribution in [3.63, 3.8) is 0 Å². The van der Waals surface area contributed by atoms with Crippen LogP contribution in [0.5, 0.6) is 0 Å². The third-order valence-electron chi connectivity index (χ3n) is 2.98. The molecule has 1 saturated carbocycles. The van der Waals surface area contributed by atoms with Crippen LogP contribution in [0.3, 0.4) is 0 Å². The molecule has 0 unspecified atom stereocenters. The van der Waals surface area contributed by atoms with E-state index in [1.54, 1.807) is 6.20 Å². The lowest BCUT2D eigenvalue weighted by Gasteiger charge is -1.98. The zero-order chi connectivity index (χ0) is 12.5. The minimum absolute atomic E-state index is 0.0685. The highest BCUT2D eigenvalue weighted by Crippen LogP contribution is 2.30. The van der Waals surface area contributed by atoms with Crippen LogP contribution >= 0.6 is 0 Å². The van der Waals surface area contributed by atoms with E-state index in [9.17, 15) is 4.79 Å². The molecule has 1 amide bonds. The number of carbonyl (C=O) groups is 1. The lowest BCUT2D eigenvalue weighted by Crippen LogP contribution is -2.13. The molecule has 92 valence electrons. The van der Waals surface area contributed by atoms with Gasteiger partial charge in [0.2, 0.25) is 5.91 Å². The summed E-state index contributed by atoms with van der Waals surface area (Å²) in [5.41, 5.74) is 2.85. The van der Waals surface area contributed by atoms with Crippen molar-refractivity contribution in [1.29, 1.82) is 0 Å². The number of pyridine rings is 1. The Morgan fingerprint density at radius 1 is 1.44 bits per heavy atom. The molecular formula is C13H14N4O. The van der Waals surface area contributed by atoms with E-state index in [-0.39, 0.29) is 11.8 Å². The van der Waals surface area contributed by atoms with E-state index in [1.165, 1.54) is 0 Å². The summed E-state index contributed by atoms with van der Waals surface area (Å²) in [7, 11) is 0. The topological polar surface area (TPSA) is 70.7 Å². The van der Waals surface area contributed by atoms with Crippen molar-refractivity contribution in [1.82, 2.24) is 15.2 Å². The Hall–Kier alpha value is -2.17. The molecule has 0 saturated heterocycles. The van der Waals surface area contributed by atoms with Gasteiger partial charge < -0.3 is 5.32 Å². The minimum atomic E-state index is 0.0685. The second-order valence-corrected chi connectivity index (χ2v) is 4.62. The van der Waals surface area contributed by atoms with Crippen molar-refractivity contribution < 1.29 is 4.79 Å². The van der Waals surface area contributed by atoms with Gasteiger partial charge in [0, 0.05) is 29.4 Å². The monoisotopic (exact) mass is 242 g/mol. The van der Waals surface area contributed by atoms with Gasteiger partial charge in [-0.25, -0.2) is 0 Å². The van der Waals surface area contributed by atoms with Gasteiger partial charge in [0.1, 0.15) is 0 Å². The van der Waals surface area contributed by atoms with Crippen LogP contribution in [0.1, 0.15) is 18.5 Å². The number of H-pyrrole nitrogens is 1. The summed E-state index contributed by atoms with van der Waals surface area (Å²) in [4.78, 5) is 15.7. The molecule has 1 aliphatic rings. The Kier molecular flexibility index (Phi) is 2.59. The van der Waals surface area contributed by atoms with Gasteiger partial charge in [-0.05, 0) is 31.9 Å². The van der Waals surface area contributed by atoms with Crippen molar-refractivity contribution in [2.45, 2.75) is 19.8 Å². The van der Waals surface area contributed by atoms with Crippen molar-refractivity contribution in [2.24, 2.45) is 5.92 Å². The van der Waals surface area contributed by atoms with Gasteiger partial charge >= 0.3 is 0 Å². The number of aromatic amines is 1. The number of aryl methyl sites for hydroxylation is 1. The number of carbonyl (C=O) groups excluding carboxylic acids is 1. The summed E-state index contributed by atoms with van der Waals surface area (Å²) in [6, 6.07) is 5.72. The lowest BCUT2D eigenvalue weighted by atomic mass is 10.2. The first-order chi connectivity index (χ1) is 8.72. The van der Waals surface area contributed by atoms with Gasteiger partial charge in [-0.1, -0.05) is 0 Å². The molecule has 18 heavy (non-hydrogen) atoms. The number of amides is 1. The molecule has 1 fully saturated rings. The Morgan fingerprint density at radius 3 is 3.00 bits per heavy atom. The second-order valence-electron chi connectivity index (χ2n) is 4.62. The number of anilines is 1. The Balaban J connectivity index is 1.78. The minimum Gasteiger partial charge on any atom is -0.309 e. The fourth-order valence-corrected chi connectivity index (χ4v) is 1.82. The molecule has 2 heterocycles. The molecule has 1 aliphatic carbocycles. The number of rotatable bonds is 3. The van der Waals surface area contributed by atoms with Gasteiger partial charge in [0.25, 0.3) is 0 Å². The van der Waals surface area contributed by atoms with E-state index >= 15 is 0 Å². The van der Waals surface area contributed by atoms with Gasteiger partial charge in [-0.15, -0.1) is 0 Å². The molecular weight excluding hydrogens is 228 g/mol. The number of aromatic nitrogens is 3. The fourth-order valence-electron chi connectivity index (χ4n) is 1.82. The highest BCUT2D eigenvalue weighted by Gasteiger charge is 2.29. The summed E-state index contributed by atoms with van der Waals surface area (Å²) in [6.07, 6.45) is 3.74. The summed E-state index contributed by atoms with van der Waals surface area (Å²) in [5.74, 6) is 0.837. The summed E-state index contributed by atoms with van der Waals surface area (Å²) in [6.45, 7) is 1.94. The van der Waals surface area contributed by atoms with E-state index in [1.807, 2.05) is 25.1 Å². The zero-order valence-corrected chi connectivity index (χ0v) is 10.1. The van der Waals surface area contributed by atoms with E-state index in [0.717, 1.165) is 29.8 Å². The predicted octanol–water partition coefficient (Wildman–Crippen LogP) is 2.13. The van der Waals surface area contributed by atoms with Gasteiger partial charge in [-0.2, -0.15) is 5.10 Å². The van der Waals surface area contributed by atoms with Crippen LogP contribution in [0.15, 0.2) is 24.4 Å². The van der Waals surface area contributed by atoms with Gasteiger partial charge in [-0.3, -0.25) is 14.9 Å². The maximum absolute atomic E-state index is 11.6. The number of nitrogens with zero attached hydrogens (tertiary/aromatic N) is 2. The standard InChI is InChI=1S/C13H14N4O/c1-8-6-10(4-5-14-8)11-7-12(17-16-11)15-13(18)9-2-3-9/h4-7,9H,2-3H2,1H3,(H2,15,16,17,18). The van der Waals surface area contributed by atoms with E-state index in [2.05, 4.69) is 20.5 Å². The van der Waals surface area contributed by atoms with Crippen LogP contribution in [0, 0.1) is 12.8 Å². The molecule has 0 aromatic carbocycles. The highest BCUT2D eigenvalue weighted by molar-refractivity contribution is 5.93. The van der Waals surface area contributed by atoms with Gasteiger partial charge in [0.15, 0.2) is 5.82 Å². The molecule has 5 heteroatoms. The van der Waals surface area contributed by atoms with Crippen molar-refractivity contribution in [3.05, 3.63) is 30.1 Å². The van der Waals surface area contributed by atoms with Crippen molar-refractivity contribution in [2.75, 3.05) is 5.32 Å². The van der Waals surface area contributed by atoms with Crippen LogP contribution in [-0.2, 0) is 4.79 Å². The molecule has 2 aromatic heterocycles. The molecule has 0 spiro atoms. The lowest BCUT2D eigenvalue weighted by molar-refractivity contribution is -0.117. The third kappa shape index (κ3) is 2.25. The maximum atomic E-state index is 11.6. The van der Waals surface area contributed by atoms with Crippen LogP contribution in [0.2, 0.25) is 0 Å². The summed E-state index contributed by atoms with van der Waals surface area (Å²) >= 11 is 0. The normalized spacial score (nSPS) is 14.5. The smallest absolute Gasteiger partial charge is 0.228 e. The summed E-state index contributed by atoms with van der Waals surface area (Å²) < 4.78 is 0. The first-order valence-corrected chi connectivity index (χ1v) is 6.02. The van der Waals surface area contributed by atoms with Crippen LogP contribution < -0.4 is 5.32 Å². The van der Waals surface area contributed by atoms with Crippen LogP contribution in [0.25, 0.3) is 11.3 Å². The Bertz CT molecular complexity index is 586. The SMILES string of the molecule is Cc1cc(-c2cc(NC(=O)C3CC3)n[nH]2)ccn1. The van der Waals surface area contributed by atoms with Gasteiger partial charge in [0.05, 0.1) is 5.69 Å². The summed E-state index contributed by atoms with van der Waals surface area (Å²) in [5, 5.41) is 9.83. The second kappa shape index (κ2) is 4.25. The predicted molar refractivity (Wildman–Crippen MR) is 67.9 cm³/mol. The van der Waals surface area contributed by atoms with E-state index in [4.69, 9.17) is 0 Å². The molecule has 2 N–H and O–H groups in total. The van der Waals surface area contributed by atoms with E-state index < -0.39 is 0 Å². The number of hydrogen-bond acceptors (Lipinski definition) is 3. The zero-order valence-electron chi connectivity index (χ0n) is 10.1. The molecule has 0 aliphatic heterocycles. The molecule has 0 atom stereocenters. The molecule has 2 aromatic rings. The number of hydrogen-bond donors (Lipinski definition) is 2. The molecule has 5 nitrogen and oxygen atoms in total. The number of nitrogens with one attached hydrogen (secondary N) is 2. The fraction of sp³-hybridized carbons (Fsp3) is 0.308. The average molecular weight is 242 g/mol. The highest BCUT2D eigenvalue weighted by atomic mass is 16.2. The van der Waals surface area contributed by atoms with Crippen LogP contribution in [-0.4, -0.2) is 21.1 Å². The first kappa shape index (κ1) is 11.0. The average Bonchev–Trinajstić information content (AvgIpc) is 3.10. The molecule has 3 rings (SSSR count). The molecule has 0 bridgehead atoms. The Morgan fingerprint density at radius 2 is 2.28 bits per heavy atom. The Labute approximate surface area is 105 Å². The molecule has 0 radical (unpaired) electrons. The quantitative estimate of drug-likeness (QED) is 0.866. The first-order valence-electron chi connectivity index (χ1n) is 6.02. The van der Waals surface area contributed by atoms with Crippen molar-refractivity contribution in [3.8, 4) is 11.3 Å². The maximum Gasteiger partial charge on any atom is 0.228 e. The largest absolute Gasteiger partial charge is 0.309 e. The van der Waals surface area contributed by atoms with E-state index in [0.29, 0.717) is 5.82 Å². The van der Waals surface area contributed by atoms with Crippen molar-refractivity contribution >= 4 is 11.7 Å². The van der Waals surface area contributed by atoms with Crippen LogP contribution in [0.4, 0.5) is 5.82 Å².